The molecule has 2 fully saturated rings. The molecule has 4 aliphatic rings. The first-order valence-corrected chi connectivity index (χ1v) is 22.3. The smallest absolute Gasteiger partial charge is 0.328 e. The van der Waals surface area contributed by atoms with Crippen molar-refractivity contribution < 1.29 is 38.6 Å². The fraction of sp³-hybridized carbons (Fsp3) is 0.609. The number of nitrogens with one attached hydrogen (secondary N) is 4. The summed E-state index contributed by atoms with van der Waals surface area (Å²) in [6, 6.07) is 8.82. The summed E-state index contributed by atoms with van der Waals surface area (Å²) < 4.78 is 5.26. The minimum absolute atomic E-state index is 0.0184. The van der Waals surface area contributed by atoms with Crippen LogP contribution in [0.1, 0.15) is 130 Å². The Morgan fingerprint density at radius 2 is 1.02 bits per heavy atom. The van der Waals surface area contributed by atoms with Gasteiger partial charge in [0.25, 0.3) is 0 Å². The number of benzene rings is 2. The predicted octanol–water partition coefficient (Wildman–Crippen LogP) is 5.49. The minimum Gasteiger partial charge on any atom is -0.480 e. The van der Waals surface area contributed by atoms with Crippen LogP contribution in [0.5, 0.6) is 0 Å². The van der Waals surface area contributed by atoms with E-state index in [9.17, 15) is 33.9 Å². The predicted molar refractivity (Wildman–Crippen MR) is 231 cm³/mol. The first-order valence-electron chi connectivity index (χ1n) is 22.3. The third-order valence-electron chi connectivity index (χ3n) is 12.7. The Bertz CT molecular complexity index is 1810. The molecular weight excluding hydrogens is 758 g/mol. The van der Waals surface area contributed by atoms with E-state index in [2.05, 4.69) is 33.4 Å². The van der Waals surface area contributed by atoms with Gasteiger partial charge in [0, 0.05) is 12.8 Å². The van der Waals surface area contributed by atoms with Crippen LogP contribution in [0.3, 0.4) is 0 Å². The van der Waals surface area contributed by atoms with Crippen LogP contribution in [0.2, 0.25) is 0 Å². The summed E-state index contributed by atoms with van der Waals surface area (Å²) in [6.07, 6.45) is 18.8. The van der Waals surface area contributed by atoms with Gasteiger partial charge >= 0.3 is 11.9 Å². The molecule has 14 heteroatoms. The molecule has 4 aliphatic carbocycles. The molecule has 0 spiro atoms. The maximum Gasteiger partial charge on any atom is 0.328 e. The summed E-state index contributed by atoms with van der Waals surface area (Å²) in [5, 5.41) is 20.4. The molecule has 0 saturated heterocycles. The van der Waals surface area contributed by atoms with Crippen molar-refractivity contribution in [3.63, 3.8) is 0 Å². The van der Waals surface area contributed by atoms with Gasteiger partial charge in [0.2, 0.25) is 27.5 Å². The lowest BCUT2D eigenvalue weighted by atomic mass is 9.82. The topological polar surface area (TPSA) is 180 Å². The summed E-state index contributed by atoms with van der Waals surface area (Å²) in [5.74, 6) is -3.85. The van der Waals surface area contributed by atoms with Crippen LogP contribution >= 0.6 is 0 Å². The van der Waals surface area contributed by atoms with Crippen LogP contribution in [-0.2, 0) is 62.4 Å². The van der Waals surface area contributed by atoms with Crippen molar-refractivity contribution in [1.29, 1.82) is 0 Å². The Balaban J connectivity index is 0.000000228. The van der Waals surface area contributed by atoms with Gasteiger partial charge in [-0.15, -0.1) is 0 Å². The second-order valence-corrected chi connectivity index (χ2v) is 16.9. The van der Waals surface area contributed by atoms with Crippen molar-refractivity contribution >= 4 is 51.1 Å². The average molecular weight is 821 g/mol. The molecule has 12 nitrogen and oxygen atoms in total. The molecule has 0 aromatic heterocycles. The normalized spacial score (nSPS) is 18.6. The maximum atomic E-state index is 13.2. The number of hydrogen-bond acceptors (Lipinski definition) is 7. The van der Waals surface area contributed by atoms with E-state index in [1.165, 1.54) is 28.7 Å². The van der Waals surface area contributed by atoms with Crippen LogP contribution in [0.15, 0.2) is 36.4 Å². The van der Waals surface area contributed by atoms with Crippen molar-refractivity contribution in [2.24, 2.45) is 11.8 Å². The zero-order valence-corrected chi connectivity index (χ0v) is 35.2. The van der Waals surface area contributed by atoms with Crippen LogP contribution in [0, 0.1) is 11.8 Å². The Labute approximate surface area is 357 Å². The summed E-state index contributed by atoms with van der Waals surface area (Å²) >= 11 is 0. The molecule has 0 bridgehead atoms. The van der Waals surface area contributed by atoms with Crippen LogP contribution in [-0.4, -0.2) is 86.9 Å². The highest BCUT2D eigenvalue weighted by Crippen LogP contribution is 2.30. The number of carbonyl (C=O) groups is 6. The first kappa shape index (κ1) is 46.5. The number of rotatable bonds is 15. The van der Waals surface area contributed by atoms with Gasteiger partial charge in [0.15, 0.2) is 11.6 Å². The fourth-order valence-electron chi connectivity index (χ4n) is 9.74. The fourth-order valence-corrected chi connectivity index (χ4v) is 9.74. The Kier molecular flexibility index (Phi) is 18.1. The zero-order chi connectivity index (χ0) is 43.0. The van der Waals surface area contributed by atoms with Gasteiger partial charge in [0.1, 0.15) is 24.2 Å². The quantitative estimate of drug-likeness (QED) is 0.116. The largest absolute Gasteiger partial charge is 0.480 e. The van der Waals surface area contributed by atoms with Gasteiger partial charge in [-0.05, 0) is 129 Å². The zero-order valence-electron chi connectivity index (χ0n) is 35.2. The van der Waals surface area contributed by atoms with Gasteiger partial charge in [0.05, 0.1) is 6.61 Å². The van der Waals surface area contributed by atoms with E-state index < -0.39 is 53.6 Å². The average Bonchev–Trinajstić information content (AvgIpc) is 3.25. The molecule has 6 rings (SSSR count). The molecule has 2 aromatic rings. The molecule has 5 N–H and O–H groups in total. The number of esters is 1. The Morgan fingerprint density at radius 1 is 0.600 bits per heavy atom. The summed E-state index contributed by atoms with van der Waals surface area (Å²) in [7, 11) is 10.6. The molecular formula is C46H62B2N4O8. The summed E-state index contributed by atoms with van der Waals surface area (Å²) in [6.45, 7) is 1.99. The summed E-state index contributed by atoms with van der Waals surface area (Å²) in [5.41, 5.74) is 7.17. The molecule has 0 unspecified atom stereocenters. The van der Waals surface area contributed by atoms with Gasteiger partial charge in [-0.3, -0.25) is 19.2 Å². The Hall–Kier alpha value is -4.61. The van der Waals surface area contributed by atoms with E-state index >= 15 is 0 Å². The van der Waals surface area contributed by atoms with E-state index in [1.807, 2.05) is 24.3 Å². The highest BCUT2D eigenvalue weighted by molar-refractivity contribution is 6.57. The molecule has 320 valence electrons. The van der Waals surface area contributed by atoms with Crippen molar-refractivity contribution in [1.82, 2.24) is 21.3 Å². The van der Waals surface area contributed by atoms with Crippen molar-refractivity contribution in [3.8, 4) is 0 Å². The van der Waals surface area contributed by atoms with Crippen LogP contribution in [0.25, 0.3) is 0 Å². The van der Waals surface area contributed by atoms with E-state index in [1.54, 1.807) is 6.92 Å². The molecule has 0 heterocycles. The monoisotopic (exact) mass is 820 g/mol. The van der Waals surface area contributed by atoms with Crippen LogP contribution < -0.4 is 21.3 Å². The van der Waals surface area contributed by atoms with Crippen molar-refractivity contribution in [3.05, 3.63) is 69.8 Å². The van der Waals surface area contributed by atoms with Gasteiger partial charge in [-0.2, -0.15) is 0 Å². The maximum absolute atomic E-state index is 13.2. The van der Waals surface area contributed by atoms with Crippen LogP contribution in [0.4, 0.5) is 9.59 Å². The Morgan fingerprint density at radius 3 is 1.43 bits per heavy atom. The number of aryl methyl sites for hydroxylation is 2. The number of hydrogen-bond donors (Lipinski definition) is 5. The highest BCUT2D eigenvalue weighted by Gasteiger charge is 2.35. The van der Waals surface area contributed by atoms with E-state index in [0.29, 0.717) is 6.42 Å². The third-order valence-corrected chi connectivity index (χ3v) is 12.7. The lowest BCUT2D eigenvalue weighted by Gasteiger charge is -2.31. The number of fused-ring (bicyclic) bond motifs is 2. The first-order chi connectivity index (χ1) is 28.9. The standard InChI is InChI=1S/C24H33BN2O4.C22H29BN2O4/c1-2-31-23(29)20(15-18-13-8-12-16-9-6-7-14-19(16)18)26-22(28)21(27-24(25)30)17-10-4-3-5-11-17;23-22(29)25-19(15-8-2-1-3-9-15)20(26)24-18(21(27)28)13-16-11-6-10-14-7-4-5-12-17(14)16/h8,12-13,17,20-21H,2-7,9-11,14-15H2,1H3,(H,26,28)(H,27,30);6,10-11,15,18-19H,1-5,7-9,12-13H2,(H,24,26)(H,25,29)(H,27,28)/t20-,21-;18-,19-/m00/s1. The molecule has 60 heavy (non-hydrogen) atoms. The van der Waals surface area contributed by atoms with E-state index in [4.69, 9.17) is 20.4 Å². The van der Waals surface area contributed by atoms with Gasteiger partial charge in [-0.25, -0.2) is 9.59 Å². The number of carboxylic acids is 1. The lowest BCUT2D eigenvalue weighted by molar-refractivity contribution is -0.147. The molecule has 4 amide bonds. The SMILES string of the molecule is [B]C(=O)N[C@H](C(=O)N[C@@H](Cc1cccc2c1CCCC2)C(=O)O)C1CCCCC1.[B]C(=O)N[C@H](C(=O)N[C@@H](Cc1cccc2c1CCCC2)C(=O)OCC)C1CCCCC1. The summed E-state index contributed by atoms with van der Waals surface area (Å²) in [4.78, 5) is 73.8. The third kappa shape index (κ3) is 13.4. The second kappa shape index (κ2) is 23.4. The highest BCUT2D eigenvalue weighted by atomic mass is 16.5. The number of carbonyl (C=O) groups excluding carboxylic acids is 5. The van der Waals surface area contributed by atoms with Gasteiger partial charge < -0.3 is 31.1 Å². The number of amides is 4. The molecule has 2 aromatic carbocycles. The number of ether oxygens (including phenoxy) is 1. The number of aliphatic carboxylic acids is 1. The molecule has 4 atom stereocenters. The van der Waals surface area contributed by atoms with E-state index in [0.717, 1.165) is 120 Å². The number of carboxylic acid groups (broad SMARTS) is 1. The molecule has 0 aliphatic heterocycles. The molecule has 4 radical (unpaired) electrons. The van der Waals surface area contributed by atoms with Crippen molar-refractivity contribution in [2.45, 2.75) is 160 Å². The minimum atomic E-state index is -1.08. The van der Waals surface area contributed by atoms with Crippen molar-refractivity contribution in [2.75, 3.05) is 6.61 Å². The lowest BCUT2D eigenvalue weighted by Crippen LogP contribution is -2.55. The van der Waals surface area contributed by atoms with Gasteiger partial charge in [-0.1, -0.05) is 74.9 Å². The molecule has 2 saturated carbocycles. The second-order valence-electron chi connectivity index (χ2n) is 16.9. The van der Waals surface area contributed by atoms with E-state index in [-0.39, 0.29) is 30.8 Å².